The van der Waals surface area contributed by atoms with E-state index in [-0.39, 0.29) is 30.0 Å². The van der Waals surface area contributed by atoms with Crippen LogP contribution in [0.5, 0.6) is 11.5 Å². The van der Waals surface area contributed by atoms with Crippen molar-refractivity contribution in [2.24, 2.45) is 10.9 Å². The van der Waals surface area contributed by atoms with Crippen molar-refractivity contribution in [1.29, 1.82) is 0 Å². The molecule has 0 saturated carbocycles. The van der Waals surface area contributed by atoms with Gasteiger partial charge in [-0.3, -0.25) is 4.79 Å². The fourth-order valence-corrected chi connectivity index (χ4v) is 3.92. The predicted octanol–water partition coefficient (Wildman–Crippen LogP) is 3.23. The molecular weight excluding hydrogens is 532 g/mol. The number of aliphatic hydroxyl groups is 2. The molecule has 0 bridgehead atoms. The SMILES string of the molecule is Cc1ccc(NCc2cc([C@@H](O)CO)cc(OC(C)C)c2OCC(=O)O)c(C(=O)Nc2ccc(/C(N)=N/O)cc2)c1. The third-order valence-electron chi connectivity index (χ3n) is 5.85. The number of aliphatic carboxylic acids is 1. The van der Waals surface area contributed by atoms with Crippen LogP contribution in [-0.2, 0) is 11.3 Å². The zero-order valence-corrected chi connectivity index (χ0v) is 22.9. The van der Waals surface area contributed by atoms with Gasteiger partial charge in [-0.15, -0.1) is 0 Å². The van der Waals surface area contributed by atoms with E-state index in [0.29, 0.717) is 33.6 Å². The number of carbonyl (C=O) groups excluding carboxylic acids is 1. The first-order valence-corrected chi connectivity index (χ1v) is 12.7. The van der Waals surface area contributed by atoms with E-state index in [1.165, 1.54) is 6.07 Å². The Morgan fingerprint density at radius 2 is 1.78 bits per heavy atom. The van der Waals surface area contributed by atoms with Gasteiger partial charge >= 0.3 is 5.97 Å². The Balaban J connectivity index is 1.93. The highest BCUT2D eigenvalue weighted by molar-refractivity contribution is 6.08. The molecule has 3 aromatic rings. The first kappa shape index (κ1) is 30.7. The lowest BCUT2D eigenvalue weighted by Gasteiger charge is -2.21. The minimum atomic E-state index is -1.21. The molecular formula is C29H34N4O8. The number of nitrogens with two attached hydrogens (primary N) is 1. The van der Waals surface area contributed by atoms with Crippen LogP contribution in [0.25, 0.3) is 0 Å². The summed E-state index contributed by atoms with van der Waals surface area (Å²) in [4.78, 5) is 24.5. The van der Waals surface area contributed by atoms with E-state index in [4.69, 9.17) is 20.4 Å². The number of amides is 1. The maximum Gasteiger partial charge on any atom is 0.341 e. The van der Waals surface area contributed by atoms with Gasteiger partial charge < -0.3 is 46.4 Å². The molecule has 0 heterocycles. The summed E-state index contributed by atoms with van der Waals surface area (Å²) < 4.78 is 11.4. The molecule has 8 N–H and O–H groups in total. The van der Waals surface area contributed by atoms with Gasteiger partial charge in [-0.05, 0) is 74.9 Å². The molecule has 12 heteroatoms. The standard InChI is InChI=1S/C29H34N4O8/c1-16(2)41-25-12-19(24(35)14-34)11-20(27(25)40-15-26(36)37)13-31-23-9-4-17(3)10-22(23)29(38)32-21-7-5-18(6-8-21)28(30)33-39/h4-12,16,24,31,34-35,39H,13-15H2,1-3H3,(H2,30,33)(H,32,38)(H,36,37)/t24-/m0/s1. The zero-order valence-electron chi connectivity index (χ0n) is 22.9. The summed E-state index contributed by atoms with van der Waals surface area (Å²) in [6.45, 7) is 4.32. The Kier molecular flexibility index (Phi) is 10.5. The maximum absolute atomic E-state index is 13.3. The maximum atomic E-state index is 13.3. The molecule has 0 aromatic heterocycles. The number of rotatable bonds is 13. The molecule has 3 aromatic carbocycles. The summed E-state index contributed by atoms with van der Waals surface area (Å²) in [6, 6.07) is 14.8. The number of carbonyl (C=O) groups is 2. The van der Waals surface area contributed by atoms with Gasteiger partial charge in [0.15, 0.2) is 23.9 Å². The molecule has 1 atom stereocenters. The van der Waals surface area contributed by atoms with Crippen molar-refractivity contribution in [3.8, 4) is 11.5 Å². The number of aryl methyl sites for hydroxylation is 1. The number of oxime groups is 1. The van der Waals surface area contributed by atoms with Crippen LogP contribution in [0.15, 0.2) is 59.8 Å². The van der Waals surface area contributed by atoms with Gasteiger partial charge in [-0.2, -0.15) is 0 Å². The van der Waals surface area contributed by atoms with Crippen LogP contribution in [0.4, 0.5) is 11.4 Å². The number of carboxylic acids is 1. The highest BCUT2D eigenvalue weighted by Gasteiger charge is 2.20. The van der Waals surface area contributed by atoms with Crippen LogP contribution in [0, 0.1) is 6.92 Å². The van der Waals surface area contributed by atoms with Crippen molar-refractivity contribution < 1.29 is 39.6 Å². The lowest BCUT2D eigenvalue weighted by atomic mass is 10.0. The first-order chi connectivity index (χ1) is 19.5. The fraction of sp³-hybridized carbons (Fsp3) is 0.276. The van der Waals surface area contributed by atoms with Crippen LogP contribution in [-0.4, -0.2) is 57.6 Å². The number of hydrogen-bond acceptors (Lipinski definition) is 9. The highest BCUT2D eigenvalue weighted by atomic mass is 16.5. The highest BCUT2D eigenvalue weighted by Crippen LogP contribution is 2.36. The van der Waals surface area contributed by atoms with Crippen molar-refractivity contribution in [3.63, 3.8) is 0 Å². The van der Waals surface area contributed by atoms with Gasteiger partial charge in [0, 0.05) is 29.0 Å². The lowest BCUT2D eigenvalue weighted by Crippen LogP contribution is -2.17. The van der Waals surface area contributed by atoms with E-state index in [0.717, 1.165) is 5.56 Å². The number of amidine groups is 1. The van der Waals surface area contributed by atoms with E-state index < -0.39 is 31.2 Å². The van der Waals surface area contributed by atoms with Crippen LogP contribution >= 0.6 is 0 Å². The predicted molar refractivity (Wildman–Crippen MR) is 153 cm³/mol. The Labute approximate surface area is 237 Å². The molecule has 41 heavy (non-hydrogen) atoms. The minimum Gasteiger partial charge on any atom is -0.487 e. The monoisotopic (exact) mass is 566 g/mol. The average Bonchev–Trinajstić information content (AvgIpc) is 2.94. The molecule has 0 spiro atoms. The normalized spacial score (nSPS) is 12.1. The van der Waals surface area contributed by atoms with Crippen LogP contribution in [0.1, 0.15) is 52.6 Å². The second-order valence-electron chi connectivity index (χ2n) is 9.47. The first-order valence-electron chi connectivity index (χ1n) is 12.7. The van der Waals surface area contributed by atoms with Crippen molar-refractivity contribution in [1.82, 2.24) is 0 Å². The van der Waals surface area contributed by atoms with Gasteiger partial charge in [0.05, 0.1) is 18.3 Å². The van der Waals surface area contributed by atoms with E-state index in [1.807, 2.05) is 13.0 Å². The number of hydrogen-bond donors (Lipinski definition) is 7. The number of nitrogens with one attached hydrogen (secondary N) is 2. The average molecular weight is 567 g/mol. The Hall–Kier alpha value is -4.81. The second-order valence-corrected chi connectivity index (χ2v) is 9.47. The Bertz CT molecular complexity index is 1410. The number of aliphatic hydroxyl groups excluding tert-OH is 2. The van der Waals surface area contributed by atoms with E-state index in [2.05, 4.69) is 15.8 Å². The molecule has 0 radical (unpaired) electrons. The fourth-order valence-electron chi connectivity index (χ4n) is 3.92. The lowest BCUT2D eigenvalue weighted by molar-refractivity contribution is -0.139. The van der Waals surface area contributed by atoms with Crippen molar-refractivity contribution in [2.45, 2.75) is 39.5 Å². The summed E-state index contributed by atoms with van der Waals surface area (Å²) in [5.74, 6) is -1.27. The van der Waals surface area contributed by atoms with Gasteiger partial charge in [0.2, 0.25) is 0 Å². The van der Waals surface area contributed by atoms with Gasteiger partial charge in [-0.25, -0.2) is 4.79 Å². The van der Waals surface area contributed by atoms with E-state index in [1.54, 1.807) is 56.3 Å². The van der Waals surface area contributed by atoms with E-state index in [9.17, 15) is 24.9 Å². The molecule has 0 aliphatic heterocycles. The molecule has 12 nitrogen and oxygen atoms in total. The van der Waals surface area contributed by atoms with Crippen LogP contribution in [0.3, 0.4) is 0 Å². The number of benzene rings is 3. The summed E-state index contributed by atoms with van der Waals surface area (Å²) in [6.07, 6.45) is -1.50. The Morgan fingerprint density at radius 1 is 1.07 bits per heavy atom. The molecule has 218 valence electrons. The summed E-state index contributed by atoms with van der Waals surface area (Å²) in [7, 11) is 0. The van der Waals surface area contributed by atoms with Crippen LogP contribution in [0.2, 0.25) is 0 Å². The minimum absolute atomic E-state index is 0.0581. The third kappa shape index (κ3) is 8.34. The largest absolute Gasteiger partial charge is 0.487 e. The molecule has 0 saturated heterocycles. The number of ether oxygens (including phenoxy) is 2. The topological polar surface area (TPSA) is 196 Å². The van der Waals surface area contributed by atoms with E-state index >= 15 is 0 Å². The van der Waals surface area contributed by atoms with Crippen molar-refractivity contribution >= 4 is 29.1 Å². The summed E-state index contributed by atoms with van der Waals surface area (Å²) >= 11 is 0. The number of nitrogens with zero attached hydrogens (tertiary/aromatic N) is 1. The third-order valence-corrected chi connectivity index (χ3v) is 5.85. The van der Waals surface area contributed by atoms with Gasteiger partial charge in [0.25, 0.3) is 5.91 Å². The second kappa shape index (κ2) is 14.0. The molecule has 0 fully saturated rings. The molecule has 0 unspecified atom stereocenters. The summed E-state index contributed by atoms with van der Waals surface area (Å²) in [5.41, 5.74) is 9.02. The van der Waals surface area contributed by atoms with Gasteiger partial charge in [0.1, 0.15) is 6.10 Å². The summed E-state index contributed by atoms with van der Waals surface area (Å²) in [5, 5.41) is 46.9. The number of anilines is 2. The van der Waals surface area contributed by atoms with Crippen molar-refractivity contribution in [2.75, 3.05) is 23.8 Å². The molecule has 1 amide bonds. The number of carboxylic acid groups (broad SMARTS) is 1. The molecule has 3 rings (SSSR count). The Morgan fingerprint density at radius 3 is 2.39 bits per heavy atom. The molecule has 0 aliphatic carbocycles. The van der Waals surface area contributed by atoms with Crippen molar-refractivity contribution in [3.05, 3.63) is 82.4 Å². The zero-order chi connectivity index (χ0) is 30.1. The van der Waals surface area contributed by atoms with Gasteiger partial charge in [-0.1, -0.05) is 16.8 Å². The quantitative estimate of drug-likeness (QED) is 0.0698. The smallest absolute Gasteiger partial charge is 0.341 e. The van der Waals surface area contributed by atoms with Crippen LogP contribution < -0.4 is 25.8 Å². The molecule has 0 aliphatic rings.